The molecule has 1 aliphatic carbocycles. The lowest BCUT2D eigenvalue weighted by Gasteiger charge is -2.27. The zero-order valence-corrected chi connectivity index (χ0v) is 11.3. The molecule has 19 heavy (non-hydrogen) atoms. The van der Waals surface area contributed by atoms with Gasteiger partial charge >= 0.3 is 0 Å². The highest BCUT2D eigenvalue weighted by Crippen LogP contribution is 2.49. The van der Waals surface area contributed by atoms with Crippen LogP contribution in [0.4, 0.5) is 0 Å². The van der Waals surface area contributed by atoms with Crippen LogP contribution in [-0.4, -0.2) is 23.4 Å². The van der Waals surface area contributed by atoms with Crippen molar-refractivity contribution in [2.75, 3.05) is 13.2 Å². The van der Waals surface area contributed by atoms with Crippen LogP contribution >= 0.6 is 0 Å². The smallest absolute Gasteiger partial charge is 0.0676 e. The second-order valence-electron chi connectivity index (χ2n) is 5.50. The average Bonchev–Trinajstić information content (AvgIpc) is 2.68. The fourth-order valence-electron chi connectivity index (χ4n) is 3.13. The zero-order chi connectivity index (χ0) is 13.6. The summed E-state index contributed by atoms with van der Waals surface area (Å²) in [5.74, 6) is 0. The molecule has 0 unspecified atom stereocenters. The van der Waals surface area contributed by atoms with Crippen molar-refractivity contribution in [3.8, 4) is 11.1 Å². The van der Waals surface area contributed by atoms with Crippen LogP contribution in [0.15, 0.2) is 36.4 Å². The fourth-order valence-corrected chi connectivity index (χ4v) is 3.13. The van der Waals surface area contributed by atoms with E-state index in [9.17, 15) is 10.2 Å². The Kier molecular flexibility index (Phi) is 2.73. The number of aliphatic hydroxyl groups is 2. The first kappa shape index (κ1) is 12.4. The van der Waals surface area contributed by atoms with E-state index in [1.165, 1.54) is 11.1 Å². The van der Waals surface area contributed by atoms with Gasteiger partial charge < -0.3 is 10.2 Å². The van der Waals surface area contributed by atoms with E-state index in [1.54, 1.807) is 0 Å². The summed E-state index contributed by atoms with van der Waals surface area (Å²) >= 11 is 0. The van der Waals surface area contributed by atoms with Gasteiger partial charge in [0, 0.05) is 0 Å². The Labute approximate surface area is 113 Å². The standard InChI is InChI=1S/C17H18O2/c1-11-3-5-15-13(7-11)14-8-12(2)4-6-16(14)17(15,9-18)10-19/h3-8,18-19H,9-10H2,1-2H3. The Hall–Kier alpha value is -1.64. The van der Waals surface area contributed by atoms with Crippen LogP contribution in [0.1, 0.15) is 22.3 Å². The molecule has 98 valence electrons. The third-order valence-electron chi connectivity index (χ3n) is 4.21. The molecule has 2 N–H and O–H groups in total. The molecule has 0 radical (unpaired) electrons. The molecule has 0 saturated heterocycles. The maximum Gasteiger partial charge on any atom is 0.0676 e. The molecule has 2 aromatic carbocycles. The van der Waals surface area contributed by atoms with Crippen LogP contribution in [0.2, 0.25) is 0 Å². The van der Waals surface area contributed by atoms with E-state index in [4.69, 9.17) is 0 Å². The van der Waals surface area contributed by atoms with Crippen molar-refractivity contribution in [3.63, 3.8) is 0 Å². The Morgan fingerprint density at radius 3 is 1.58 bits per heavy atom. The van der Waals surface area contributed by atoms with Gasteiger partial charge in [-0.15, -0.1) is 0 Å². The molecule has 1 aliphatic rings. The summed E-state index contributed by atoms with van der Waals surface area (Å²) in [4.78, 5) is 0. The fraction of sp³-hybridized carbons (Fsp3) is 0.294. The second-order valence-corrected chi connectivity index (χ2v) is 5.50. The van der Waals surface area contributed by atoms with E-state index in [0.717, 1.165) is 22.3 Å². The lowest BCUT2D eigenvalue weighted by Crippen LogP contribution is -2.33. The molecular weight excluding hydrogens is 236 g/mol. The van der Waals surface area contributed by atoms with E-state index < -0.39 is 5.41 Å². The van der Waals surface area contributed by atoms with Crippen molar-refractivity contribution in [2.45, 2.75) is 19.3 Å². The zero-order valence-electron chi connectivity index (χ0n) is 11.3. The minimum absolute atomic E-state index is 0.0738. The van der Waals surface area contributed by atoms with Gasteiger partial charge in [-0.2, -0.15) is 0 Å². The van der Waals surface area contributed by atoms with Gasteiger partial charge in [0.15, 0.2) is 0 Å². The molecule has 0 aromatic heterocycles. The quantitative estimate of drug-likeness (QED) is 0.864. The number of benzene rings is 2. The minimum atomic E-state index is -0.661. The molecule has 0 fully saturated rings. The number of fused-ring (bicyclic) bond motifs is 3. The molecule has 2 aromatic rings. The number of aliphatic hydroxyl groups excluding tert-OH is 2. The number of hydrogen-bond donors (Lipinski definition) is 2. The van der Waals surface area contributed by atoms with Gasteiger partial charge in [-0.05, 0) is 36.1 Å². The van der Waals surface area contributed by atoms with Gasteiger partial charge in [0.1, 0.15) is 0 Å². The summed E-state index contributed by atoms with van der Waals surface area (Å²) in [6.07, 6.45) is 0. The highest BCUT2D eigenvalue weighted by Gasteiger charge is 2.42. The molecular formula is C17H18O2. The van der Waals surface area contributed by atoms with Crippen molar-refractivity contribution in [2.24, 2.45) is 0 Å². The maximum atomic E-state index is 9.89. The van der Waals surface area contributed by atoms with Crippen molar-refractivity contribution in [1.82, 2.24) is 0 Å². The topological polar surface area (TPSA) is 40.5 Å². The second kappa shape index (κ2) is 4.19. The molecule has 0 heterocycles. The first-order valence-corrected chi connectivity index (χ1v) is 6.57. The van der Waals surface area contributed by atoms with E-state index in [0.29, 0.717) is 0 Å². The predicted molar refractivity (Wildman–Crippen MR) is 76.3 cm³/mol. The lowest BCUT2D eigenvalue weighted by atomic mass is 9.79. The molecule has 2 nitrogen and oxygen atoms in total. The Bertz CT molecular complexity index is 586. The molecule has 0 saturated carbocycles. The van der Waals surface area contributed by atoms with Crippen molar-refractivity contribution >= 4 is 0 Å². The Balaban J connectivity index is 2.39. The summed E-state index contributed by atoms with van der Waals surface area (Å²) in [7, 11) is 0. The van der Waals surface area contributed by atoms with Crippen LogP contribution in [0.5, 0.6) is 0 Å². The first-order chi connectivity index (χ1) is 9.12. The number of hydrogen-bond acceptors (Lipinski definition) is 2. The Morgan fingerprint density at radius 1 is 0.789 bits per heavy atom. The number of aryl methyl sites for hydroxylation is 2. The Morgan fingerprint density at radius 2 is 1.21 bits per heavy atom. The van der Waals surface area contributed by atoms with Crippen molar-refractivity contribution < 1.29 is 10.2 Å². The monoisotopic (exact) mass is 254 g/mol. The van der Waals surface area contributed by atoms with Gasteiger partial charge in [0.2, 0.25) is 0 Å². The molecule has 0 aliphatic heterocycles. The number of rotatable bonds is 2. The molecule has 0 spiro atoms. The highest BCUT2D eigenvalue weighted by atomic mass is 16.3. The molecule has 0 bridgehead atoms. The first-order valence-electron chi connectivity index (χ1n) is 6.57. The third kappa shape index (κ3) is 1.57. The SMILES string of the molecule is Cc1ccc2c(c1)-c1cc(C)ccc1C2(CO)CO. The average molecular weight is 254 g/mol. The highest BCUT2D eigenvalue weighted by molar-refractivity contribution is 5.82. The minimum Gasteiger partial charge on any atom is -0.395 e. The summed E-state index contributed by atoms with van der Waals surface area (Å²) in [5, 5.41) is 19.8. The van der Waals surface area contributed by atoms with E-state index in [1.807, 2.05) is 24.3 Å². The normalized spacial score (nSPS) is 15.2. The summed E-state index contributed by atoms with van der Waals surface area (Å²) in [6.45, 7) is 3.98. The van der Waals surface area contributed by atoms with Gasteiger partial charge in [-0.1, -0.05) is 47.5 Å². The third-order valence-corrected chi connectivity index (χ3v) is 4.21. The van der Waals surface area contributed by atoms with Crippen molar-refractivity contribution in [1.29, 1.82) is 0 Å². The lowest BCUT2D eigenvalue weighted by molar-refractivity contribution is 0.146. The van der Waals surface area contributed by atoms with Crippen LogP contribution in [0.3, 0.4) is 0 Å². The summed E-state index contributed by atoms with van der Waals surface area (Å²) in [6, 6.07) is 12.4. The molecule has 2 heteroatoms. The van der Waals surface area contributed by atoms with Gasteiger partial charge in [0.25, 0.3) is 0 Å². The molecule has 0 amide bonds. The predicted octanol–water partition coefficient (Wildman–Crippen LogP) is 2.55. The van der Waals surface area contributed by atoms with Crippen LogP contribution in [-0.2, 0) is 5.41 Å². The van der Waals surface area contributed by atoms with E-state index in [2.05, 4.69) is 26.0 Å². The molecule has 3 rings (SSSR count). The van der Waals surface area contributed by atoms with Crippen LogP contribution < -0.4 is 0 Å². The van der Waals surface area contributed by atoms with Crippen LogP contribution in [0.25, 0.3) is 11.1 Å². The van der Waals surface area contributed by atoms with E-state index in [-0.39, 0.29) is 13.2 Å². The van der Waals surface area contributed by atoms with Crippen molar-refractivity contribution in [3.05, 3.63) is 58.7 Å². The summed E-state index contributed by atoms with van der Waals surface area (Å²) in [5.41, 5.74) is 6.07. The van der Waals surface area contributed by atoms with Gasteiger partial charge in [0.05, 0.1) is 18.6 Å². The van der Waals surface area contributed by atoms with Gasteiger partial charge in [-0.25, -0.2) is 0 Å². The van der Waals surface area contributed by atoms with Gasteiger partial charge in [-0.3, -0.25) is 0 Å². The largest absolute Gasteiger partial charge is 0.395 e. The molecule has 0 atom stereocenters. The maximum absolute atomic E-state index is 9.89. The van der Waals surface area contributed by atoms with E-state index >= 15 is 0 Å². The van der Waals surface area contributed by atoms with Crippen LogP contribution in [0, 0.1) is 13.8 Å². The summed E-state index contributed by atoms with van der Waals surface area (Å²) < 4.78 is 0.